The molecular formula is C46H56F2N10O6. The Morgan fingerprint density at radius 3 is 2.58 bits per heavy atom. The number of piperidine rings is 1. The summed E-state index contributed by atoms with van der Waals surface area (Å²) in [5.74, 6) is 0.674. The van der Waals surface area contributed by atoms with E-state index in [4.69, 9.17) is 9.15 Å². The lowest BCUT2D eigenvalue weighted by Gasteiger charge is -2.33. The second kappa shape index (κ2) is 19.2. The number of aromatic nitrogens is 6. The van der Waals surface area contributed by atoms with Gasteiger partial charge in [-0.05, 0) is 113 Å². The van der Waals surface area contributed by atoms with Crippen molar-refractivity contribution in [2.75, 3.05) is 43.5 Å². The van der Waals surface area contributed by atoms with Gasteiger partial charge in [-0.3, -0.25) is 33.5 Å². The molecule has 5 heterocycles. The molecule has 4 fully saturated rings. The van der Waals surface area contributed by atoms with Gasteiger partial charge in [0.05, 0.1) is 22.8 Å². The predicted octanol–water partition coefficient (Wildman–Crippen LogP) is 6.81. The van der Waals surface area contributed by atoms with Crippen molar-refractivity contribution in [3.63, 3.8) is 0 Å². The first kappa shape index (κ1) is 43.5. The number of nitrogens with zero attached hydrogens (tertiary/aromatic N) is 7. The number of hydrogen-bond acceptors (Lipinski definition) is 11. The number of alkyl halides is 2. The molecule has 3 saturated carbocycles. The van der Waals surface area contributed by atoms with Gasteiger partial charge in [-0.15, -0.1) is 0 Å². The Hall–Kier alpha value is -5.75. The Kier molecular flexibility index (Phi) is 13.0. The monoisotopic (exact) mass is 882 g/mol. The predicted molar refractivity (Wildman–Crippen MR) is 234 cm³/mol. The fourth-order valence-electron chi connectivity index (χ4n) is 9.35. The van der Waals surface area contributed by atoms with Crippen molar-refractivity contribution in [1.82, 2.24) is 39.1 Å². The highest BCUT2D eigenvalue weighted by Gasteiger charge is 2.34. The van der Waals surface area contributed by atoms with Crippen molar-refractivity contribution in [2.45, 2.75) is 108 Å². The molecule has 3 aliphatic carbocycles. The van der Waals surface area contributed by atoms with Gasteiger partial charge < -0.3 is 24.7 Å². The van der Waals surface area contributed by atoms with Crippen molar-refractivity contribution in [3.05, 3.63) is 76.4 Å². The maximum atomic E-state index is 14.2. The number of carbonyl (C=O) groups is 3. The molecule has 0 bridgehead atoms. The molecule has 9 rings (SSSR count). The highest BCUT2D eigenvalue weighted by atomic mass is 19.3. The summed E-state index contributed by atoms with van der Waals surface area (Å²) < 4.78 is 44.8. The molecule has 3 amide bonds. The minimum Gasteiger partial charge on any atom is -0.444 e. The number of pyridine rings is 1. The second-order valence-electron chi connectivity index (χ2n) is 17.9. The number of fused-ring (bicyclic) bond motifs is 1. The standard InChI is InChI=1S/C46H56F2N10O6/c1-55-41-30(5-2-7-36(41)58(46(55)62)37-16-17-39(59)53-44(37)61)6-3-21-63-22-4-20-56(32-14-15-32)25-29-10-12-33(13-11-29)57-26-34(40(54-57)42(47)48)51-43(60)35-27-64-45(52-35)31-18-19-49-38(23-31)50-24-28-8-9-28/h2,5,7,18-19,23,26-29,32-33,37,42H,3-4,6,8-17,20-22,24-25H2,1H3,(H,49,50)(H,51,60)(H,53,59,61)/t29-,33-,37?. The maximum absolute atomic E-state index is 14.2. The molecule has 4 aromatic heterocycles. The molecule has 5 aromatic rings. The van der Waals surface area contributed by atoms with E-state index in [1.807, 2.05) is 18.2 Å². The summed E-state index contributed by atoms with van der Waals surface area (Å²) in [4.78, 5) is 62.1. The highest BCUT2D eigenvalue weighted by Crippen LogP contribution is 2.37. The van der Waals surface area contributed by atoms with Gasteiger partial charge in [-0.25, -0.2) is 23.5 Å². The summed E-state index contributed by atoms with van der Waals surface area (Å²) >= 11 is 0. The summed E-state index contributed by atoms with van der Waals surface area (Å²) in [6.45, 7) is 4.04. The zero-order chi connectivity index (χ0) is 44.3. The average Bonchev–Trinajstić information content (AvgIpc) is 4.20. The van der Waals surface area contributed by atoms with E-state index in [0.717, 1.165) is 75.7 Å². The van der Waals surface area contributed by atoms with Crippen LogP contribution in [0.1, 0.15) is 117 Å². The lowest BCUT2D eigenvalue weighted by atomic mass is 9.85. The molecule has 16 nitrogen and oxygen atoms in total. The first-order valence-corrected chi connectivity index (χ1v) is 22.8. The second-order valence-corrected chi connectivity index (χ2v) is 17.9. The number of benzene rings is 1. The molecule has 1 unspecified atom stereocenters. The van der Waals surface area contributed by atoms with E-state index in [-0.39, 0.29) is 41.3 Å². The summed E-state index contributed by atoms with van der Waals surface area (Å²) in [5.41, 5.74) is 2.36. The van der Waals surface area contributed by atoms with Gasteiger partial charge >= 0.3 is 5.69 Å². The number of oxazole rings is 1. The Morgan fingerprint density at radius 2 is 1.81 bits per heavy atom. The Bertz CT molecular complexity index is 2530. The van der Waals surface area contributed by atoms with Crippen LogP contribution < -0.4 is 21.6 Å². The Morgan fingerprint density at radius 1 is 1.02 bits per heavy atom. The molecule has 1 saturated heterocycles. The third-order valence-electron chi connectivity index (χ3n) is 13.2. The number of rotatable bonds is 20. The van der Waals surface area contributed by atoms with E-state index in [9.17, 15) is 28.0 Å². The highest BCUT2D eigenvalue weighted by molar-refractivity contribution is 6.03. The zero-order valence-electron chi connectivity index (χ0n) is 36.1. The summed E-state index contributed by atoms with van der Waals surface area (Å²) in [5, 5.41) is 12.5. The van der Waals surface area contributed by atoms with Crippen molar-refractivity contribution in [1.29, 1.82) is 0 Å². The van der Waals surface area contributed by atoms with Crippen LogP contribution in [0.5, 0.6) is 0 Å². The fraction of sp³-hybridized carbons (Fsp3) is 0.543. The smallest absolute Gasteiger partial charge is 0.329 e. The number of hydrogen-bond donors (Lipinski definition) is 3. The number of anilines is 2. The number of aryl methyl sites for hydroxylation is 2. The van der Waals surface area contributed by atoms with Crippen LogP contribution in [0.15, 0.2) is 58.2 Å². The lowest BCUT2D eigenvalue weighted by molar-refractivity contribution is -0.135. The van der Waals surface area contributed by atoms with Crippen LogP contribution in [0.25, 0.3) is 22.5 Å². The minimum atomic E-state index is -2.87. The number of imidazole rings is 1. The van der Waals surface area contributed by atoms with Crippen molar-refractivity contribution in [3.8, 4) is 11.5 Å². The molecule has 3 N–H and O–H groups in total. The van der Waals surface area contributed by atoms with Crippen molar-refractivity contribution < 1.29 is 32.3 Å². The van der Waals surface area contributed by atoms with Gasteiger partial charge in [0.15, 0.2) is 11.4 Å². The van der Waals surface area contributed by atoms with Crippen molar-refractivity contribution in [2.24, 2.45) is 18.9 Å². The molecular weight excluding hydrogens is 827 g/mol. The van der Waals surface area contributed by atoms with E-state index in [1.54, 1.807) is 34.6 Å². The number of halogens is 2. The van der Waals surface area contributed by atoms with Gasteiger partial charge in [-0.1, -0.05) is 12.1 Å². The van der Waals surface area contributed by atoms with Crippen LogP contribution >= 0.6 is 0 Å². The fourth-order valence-corrected chi connectivity index (χ4v) is 9.35. The Labute approximate surface area is 369 Å². The molecule has 4 aliphatic rings. The summed E-state index contributed by atoms with van der Waals surface area (Å²) in [6.07, 6.45) is 12.8. The summed E-state index contributed by atoms with van der Waals surface area (Å²) in [6, 6.07) is 9.15. The lowest BCUT2D eigenvalue weighted by Crippen LogP contribution is -2.44. The number of nitrogens with one attached hydrogen (secondary N) is 3. The third-order valence-corrected chi connectivity index (χ3v) is 13.2. The number of imide groups is 1. The first-order chi connectivity index (χ1) is 31.1. The Balaban J connectivity index is 0.719. The third kappa shape index (κ3) is 9.97. The van der Waals surface area contributed by atoms with E-state index < -0.39 is 30.0 Å². The minimum absolute atomic E-state index is 0.0268. The SMILES string of the molecule is Cn1c(=O)n(C2CCC(=O)NC2=O)c2cccc(CCCOCCCN(C[C@H]3CC[C@H](n4cc(NC(=O)c5coc(-c6ccnc(NCC7CC7)c6)n5)c(C(F)F)n4)CC3)C3CC3)c21. The molecule has 340 valence electrons. The van der Waals surface area contributed by atoms with Crippen LogP contribution in [-0.4, -0.2) is 90.4 Å². The van der Waals surface area contributed by atoms with Crippen LogP contribution in [0.3, 0.4) is 0 Å². The van der Waals surface area contributed by atoms with Gasteiger partial charge in [0.1, 0.15) is 18.1 Å². The van der Waals surface area contributed by atoms with Crippen molar-refractivity contribution >= 4 is 40.3 Å². The van der Waals surface area contributed by atoms with Crippen LogP contribution in [0, 0.1) is 11.8 Å². The molecule has 1 atom stereocenters. The molecule has 18 heteroatoms. The van der Waals surface area contributed by atoms with Crippen LogP contribution in [0.4, 0.5) is 20.3 Å². The normalized spacial score (nSPS) is 20.4. The maximum Gasteiger partial charge on any atom is 0.329 e. The van der Waals surface area contributed by atoms with Gasteiger partial charge in [0.25, 0.3) is 12.3 Å². The molecule has 1 aliphatic heterocycles. The quantitative estimate of drug-likeness (QED) is 0.0552. The number of carbonyl (C=O) groups excluding carboxylic acids is 3. The van der Waals surface area contributed by atoms with E-state index in [1.165, 1.54) is 42.7 Å². The van der Waals surface area contributed by atoms with Gasteiger partial charge in [0.2, 0.25) is 17.7 Å². The van der Waals surface area contributed by atoms with Crippen LogP contribution in [0.2, 0.25) is 0 Å². The zero-order valence-corrected chi connectivity index (χ0v) is 36.1. The molecule has 1 aromatic carbocycles. The van der Waals surface area contributed by atoms with E-state index >= 15 is 0 Å². The largest absolute Gasteiger partial charge is 0.444 e. The molecule has 0 spiro atoms. The van der Waals surface area contributed by atoms with E-state index in [2.05, 4.69) is 35.9 Å². The van der Waals surface area contributed by atoms with E-state index in [0.29, 0.717) is 54.4 Å². The topological polar surface area (TPSA) is 183 Å². The van der Waals surface area contributed by atoms with Gasteiger partial charge in [-0.2, -0.15) is 5.10 Å². The average molecular weight is 883 g/mol. The number of ether oxygens (including phenoxy) is 1. The summed E-state index contributed by atoms with van der Waals surface area (Å²) in [7, 11) is 1.72. The first-order valence-electron chi connectivity index (χ1n) is 22.8. The van der Waals surface area contributed by atoms with Gasteiger partial charge in [0, 0.05) is 70.3 Å². The molecule has 64 heavy (non-hydrogen) atoms. The number of para-hydroxylation sites is 1. The van der Waals surface area contributed by atoms with Crippen LogP contribution in [-0.2, 0) is 27.8 Å². The number of amides is 3. The molecule has 0 radical (unpaired) electrons.